The summed E-state index contributed by atoms with van der Waals surface area (Å²) in [6, 6.07) is 13.7. The van der Waals surface area contributed by atoms with E-state index >= 15 is 0 Å². The lowest BCUT2D eigenvalue weighted by Crippen LogP contribution is -2.27. The number of nitrogens with two attached hydrogens (primary N) is 1. The number of halogens is 1. The maximum Gasteiger partial charge on any atom is 0.261 e. The van der Waals surface area contributed by atoms with Crippen LogP contribution < -0.4 is 10.6 Å². The summed E-state index contributed by atoms with van der Waals surface area (Å²) in [6.45, 7) is 0. The van der Waals surface area contributed by atoms with Crippen molar-refractivity contribution in [3.8, 4) is 6.07 Å². The molecule has 0 aliphatic rings. The van der Waals surface area contributed by atoms with Gasteiger partial charge in [-0.3, -0.25) is 4.79 Å². The van der Waals surface area contributed by atoms with E-state index in [9.17, 15) is 4.79 Å². The molecule has 5 heteroatoms. The number of benzene rings is 2. The third kappa shape index (κ3) is 2.58. The summed E-state index contributed by atoms with van der Waals surface area (Å²) in [5.41, 5.74) is 7.48. The van der Waals surface area contributed by atoms with Crippen LogP contribution in [0.3, 0.4) is 0 Å². The number of carbonyl (C=O) groups is 1. The van der Waals surface area contributed by atoms with Gasteiger partial charge in [-0.1, -0.05) is 23.7 Å². The summed E-state index contributed by atoms with van der Waals surface area (Å²) in [7, 11) is 1.61. The normalized spacial score (nSPS) is 9.85. The highest BCUT2D eigenvalue weighted by Crippen LogP contribution is 2.25. The molecular weight excluding hydrogens is 274 g/mol. The zero-order valence-corrected chi connectivity index (χ0v) is 11.6. The summed E-state index contributed by atoms with van der Waals surface area (Å²) in [5, 5.41) is 9.20. The molecule has 0 saturated heterocycles. The maximum absolute atomic E-state index is 12.5. The van der Waals surface area contributed by atoms with Gasteiger partial charge in [0.2, 0.25) is 0 Å². The lowest BCUT2D eigenvalue weighted by molar-refractivity contribution is 0.0994. The highest BCUT2D eigenvalue weighted by Gasteiger charge is 2.19. The molecule has 0 bridgehead atoms. The van der Waals surface area contributed by atoms with Crippen molar-refractivity contribution in [3.05, 3.63) is 58.6 Å². The van der Waals surface area contributed by atoms with Gasteiger partial charge in [-0.25, -0.2) is 0 Å². The van der Waals surface area contributed by atoms with Crippen molar-refractivity contribution in [1.29, 1.82) is 5.26 Å². The molecule has 0 fully saturated rings. The summed E-state index contributed by atoms with van der Waals surface area (Å²) in [4.78, 5) is 13.9. The Bertz CT molecular complexity index is 686. The van der Waals surface area contributed by atoms with Crippen molar-refractivity contribution in [2.75, 3.05) is 17.7 Å². The smallest absolute Gasteiger partial charge is 0.261 e. The van der Waals surface area contributed by atoms with Crippen LogP contribution in [0.5, 0.6) is 0 Å². The molecule has 2 N–H and O–H groups in total. The lowest BCUT2D eigenvalue weighted by atomic mass is 10.1. The maximum atomic E-state index is 12.5. The summed E-state index contributed by atoms with van der Waals surface area (Å²) in [5.74, 6) is -0.316. The summed E-state index contributed by atoms with van der Waals surface area (Å²) >= 11 is 6.03. The molecule has 0 aliphatic carbocycles. The van der Waals surface area contributed by atoms with Gasteiger partial charge < -0.3 is 10.6 Å². The van der Waals surface area contributed by atoms with Gasteiger partial charge in [-0.15, -0.1) is 0 Å². The molecule has 4 nitrogen and oxygen atoms in total. The van der Waals surface area contributed by atoms with Crippen LogP contribution in [-0.4, -0.2) is 13.0 Å². The Morgan fingerprint density at radius 1 is 1.30 bits per heavy atom. The lowest BCUT2D eigenvalue weighted by Gasteiger charge is -2.19. The largest absolute Gasteiger partial charge is 0.398 e. The number of nitrogens with zero attached hydrogens (tertiary/aromatic N) is 2. The van der Waals surface area contributed by atoms with Crippen molar-refractivity contribution in [1.82, 2.24) is 0 Å². The van der Waals surface area contributed by atoms with E-state index in [0.717, 1.165) is 0 Å². The van der Waals surface area contributed by atoms with Crippen LogP contribution in [0.2, 0.25) is 5.02 Å². The monoisotopic (exact) mass is 285 g/mol. The second-order valence-corrected chi connectivity index (χ2v) is 4.64. The Morgan fingerprint density at radius 2 is 2.00 bits per heavy atom. The number of amides is 1. The Balaban J connectivity index is 2.40. The molecule has 2 rings (SSSR count). The zero-order valence-electron chi connectivity index (χ0n) is 10.8. The molecule has 0 saturated carbocycles. The van der Waals surface area contributed by atoms with Gasteiger partial charge in [-0.2, -0.15) is 5.26 Å². The fourth-order valence-electron chi connectivity index (χ4n) is 1.84. The number of rotatable bonds is 2. The predicted octanol–water partition coefficient (Wildman–Crippen LogP) is 3.07. The van der Waals surface area contributed by atoms with Gasteiger partial charge in [-0.05, 0) is 30.3 Å². The van der Waals surface area contributed by atoms with Crippen LogP contribution in [0, 0.1) is 11.3 Å². The van der Waals surface area contributed by atoms with Crippen LogP contribution in [0.1, 0.15) is 15.9 Å². The van der Waals surface area contributed by atoms with Crippen LogP contribution in [0.25, 0.3) is 0 Å². The molecule has 100 valence electrons. The van der Waals surface area contributed by atoms with E-state index in [1.54, 1.807) is 49.5 Å². The summed E-state index contributed by atoms with van der Waals surface area (Å²) in [6.07, 6.45) is 0. The Morgan fingerprint density at radius 3 is 2.65 bits per heavy atom. The second-order valence-electron chi connectivity index (χ2n) is 4.23. The number of nitrogen functional groups attached to an aromatic ring is 1. The Kier molecular flexibility index (Phi) is 3.92. The van der Waals surface area contributed by atoms with E-state index < -0.39 is 0 Å². The third-order valence-electron chi connectivity index (χ3n) is 2.93. The molecule has 20 heavy (non-hydrogen) atoms. The van der Waals surface area contributed by atoms with Crippen LogP contribution in [0.15, 0.2) is 42.5 Å². The minimum absolute atomic E-state index is 0.263. The van der Waals surface area contributed by atoms with Crippen molar-refractivity contribution < 1.29 is 4.79 Å². The van der Waals surface area contributed by atoms with E-state index in [4.69, 9.17) is 22.6 Å². The van der Waals surface area contributed by atoms with E-state index in [0.29, 0.717) is 22.0 Å². The highest BCUT2D eigenvalue weighted by molar-refractivity contribution is 6.35. The number of carbonyl (C=O) groups excluding carboxylic acids is 1. The summed E-state index contributed by atoms with van der Waals surface area (Å²) < 4.78 is 0. The van der Waals surface area contributed by atoms with Crippen LogP contribution in [-0.2, 0) is 0 Å². The first-order valence-corrected chi connectivity index (χ1v) is 6.24. The van der Waals surface area contributed by atoms with Crippen LogP contribution >= 0.6 is 11.6 Å². The molecule has 2 aromatic carbocycles. The van der Waals surface area contributed by atoms with Crippen molar-refractivity contribution >= 4 is 28.9 Å². The first kappa shape index (κ1) is 13.9. The molecule has 0 heterocycles. The molecule has 2 aromatic rings. The van der Waals surface area contributed by atoms with Gasteiger partial charge in [0, 0.05) is 18.4 Å². The fourth-order valence-corrected chi connectivity index (χ4v) is 2.10. The van der Waals surface area contributed by atoms with Crippen molar-refractivity contribution in [2.24, 2.45) is 0 Å². The minimum atomic E-state index is -0.316. The van der Waals surface area contributed by atoms with E-state index in [1.165, 1.54) is 4.90 Å². The van der Waals surface area contributed by atoms with Gasteiger partial charge in [0.1, 0.15) is 0 Å². The molecular formula is C15H12ClN3O. The number of hydrogen-bond acceptors (Lipinski definition) is 3. The van der Waals surface area contributed by atoms with Crippen LogP contribution in [0.4, 0.5) is 11.4 Å². The minimum Gasteiger partial charge on any atom is -0.398 e. The van der Waals surface area contributed by atoms with Crippen molar-refractivity contribution in [2.45, 2.75) is 0 Å². The predicted molar refractivity (Wildman–Crippen MR) is 79.8 cm³/mol. The van der Waals surface area contributed by atoms with E-state index in [1.807, 2.05) is 6.07 Å². The second kappa shape index (κ2) is 5.64. The fraction of sp³-hybridized carbons (Fsp3) is 0.0667. The standard InChI is InChI=1S/C15H12ClN3O/c1-19(11-5-2-4-10(8-11)9-17)15(20)14-12(16)6-3-7-13(14)18/h2-8H,18H2,1H3. The highest BCUT2D eigenvalue weighted by atomic mass is 35.5. The SMILES string of the molecule is CN(C(=O)c1c(N)cccc1Cl)c1cccc(C#N)c1. The first-order valence-electron chi connectivity index (χ1n) is 5.87. The molecule has 0 aromatic heterocycles. The molecule has 0 unspecified atom stereocenters. The van der Waals surface area contributed by atoms with Gasteiger partial charge in [0.05, 0.1) is 22.2 Å². The molecule has 0 aliphatic heterocycles. The third-order valence-corrected chi connectivity index (χ3v) is 3.24. The van der Waals surface area contributed by atoms with Gasteiger partial charge in [0.25, 0.3) is 5.91 Å². The quantitative estimate of drug-likeness (QED) is 0.862. The average Bonchev–Trinajstić information content (AvgIpc) is 2.46. The number of hydrogen-bond donors (Lipinski definition) is 1. The van der Waals surface area contributed by atoms with Gasteiger partial charge >= 0.3 is 0 Å². The first-order chi connectivity index (χ1) is 9.54. The molecule has 0 spiro atoms. The Hall–Kier alpha value is -2.51. The van der Waals surface area contributed by atoms with Crippen molar-refractivity contribution in [3.63, 3.8) is 0 Å². The molecule has 0 atom stereocenters. The van der Waals surface area contributed by atoms with E-state index in [-0.39, 0.29) is 11.5 Å². The number of nitriles is 1. The molecule has 0 radical (unpaired) electrons. The molecule has 1 amide bonds. The van der Waals surface area contributed by atoms with E-state index in [2.05, 4.69) is 0 Å². The Labute approximate surface area is 122 Å². The average molecular weight is 286 g/mol. The number of anilines is 2. The topological polar surface area (TPSA) is 70.1 Å². The van der Waals surface area contributed by atoms with Gasteiger partial charge in [0.15, 0.2) is 0 Å². The zero-order chi connectivity index (χ0) is 14.7.